The number of sulfonamides is 1. The van der Waals surface area contributed by atoms with E-state index < -0.39 is 21.9 Å². The van der Waals surface area contributed by atoms with Gasteiger partial charge in [-0.3, -0.25) is 4.79 Å². The molecule has 0 bridgehead atoms. The van der Waals surface area contributed by atoms with Gasteiger partial charge in [-0.15, -0.1) is 0 Å². The summed E-state index contributed by atoms with van der Waals surface area (Å²) >= 11 is 1.73. The highest BCUT2D eigenvalue weighted by atomic mass is 32.2. The number of thioether (sulfide) groups is 1. The Morgan fingerprint density at radius 1 is 1.13 bits per heavy atom. The maximum atomic E-state index is 12.1. The van der Waals surface area contributed by atoms with Crippen LogP contribution in [0, 0.1) is 0 Å². The molecule has 7 nitrogen and oxygen atoms in total. The molecule has 1 aromatic carbocycles. The molecule has 0 atom stereocenters. The molecule has 2 rings (SSSR count). The van der Waals surface area contributed by atoms with Gasteiger partial charge in [-0.25, -0.2) is 17.5 Å². The zero-order chi connectivity index (χ0) is 16.9. The van der Waals surface area contributed by atoms with E-state index in [0.717, 1.165) is 11.5 Å². The van der Waals surface area contributed by atoms with Crippen molar-refractivity contribution in [3.63, 3.8) is 0 Å². The molecule has 1 saturated heterocycles. The molecule has 0 saturated carbocycles. The fraction of sp³-hybridized carbons (Fsp3) is 0.429. The molecule has 126 valence electrons. The number of carbonyl (C=O) groups is 2. The molecule has 2 N–H and O–H groups in total. The van der Waals surface area contributed by atoms with Crippen LogP contribution in [0.25, 0.3) is 0 Å². The highest BCUT2D eigenvalue weighted by Gasteiger charge is 2.23. The maximum absolute atomic E-state index is 12.1. The Labute approximate surface area is 139 Å². The molecular weight excluding hydrogens is 340 g/mol. The Hall–Kier alpha value is -1.58. The van der Waals surface area contributed by atoms with Gasteiger partial charge in [0.05, 0.1) is 11.3 Å². The minimum absolute atomic E-state index is 0.0193. The van der Waals surface area contributed by atoms with E-state index in [2.05, 4.69) is 5.32 Å². The standard InChI is InChI=1S/C14H18N2O5S2/c17-13(11-1-3-12(4-2-11)14(18)19)15-5-10-23(20,21)16-6-8-22-9-7-16/h1-4H,5-10H2,(H,15,17)(H,18,19). The number of aromatic carboxylic acids is 1. The third kappa shape index (κ3) is 4.95. The van der Waals surface area contributed by atoms with Crippen LogP contribution in [0.3, 0.4) is 0 Å². The van der Waals surface area contributed by atoms with E-state index in [1.54, 1.807) is 11.8 Å². The molecule has 1 aliphatic heterocycles. The summed E-state index contributed by atoms with van der Waals surface area (Å²) in [5, 5.41) is 11.3. The molecule has 0 spiro atoms. The second kappa shape index (κ2) is 7.80. The van der Waals surface area contributed by atoms with Crippen molar-refractivity contribution in [3.05, 3.63) is 35.4 Å². The van der Waals surface area contributed by atoms with Crippen molar-refractivity contribution in [2.24, 2.45) is 0 Å². The van der Waals surface area contributed by atoms with E-state index in [4.69, 9.17) is 5.11 Å². The normalized spacial score (nSPS) is 16.0. The first-order chi connectivity index (χ1) is 10.9. The lowest BCUT2D eigenvalue weighted by molar-refractivity contribution is 0.0696. The average Bonchev–Trinajstić information content (AvgIpc) is 2.55. The van der Waals surface area contributed by atoms with Gasteiger partial charge in [0.25, 0.3) is 5.91 Å². The fourth-order valence-corrected chi connectivity index (χ4v) is 4.61. The maximum Gasteiger partial charge on any atom is 0.335 e. The first-order valence-electron chi connectivity index (χ1n) is 7.07. The molecule has 9 heteroatoms. The van der Waals surface area contributed by atoms with Gasteiger partial charge in [0.1, 0.15) is 0 Å². The van der Waals surface area contributed by atoms with Crippen molar-refractivity contribution < 1.29 is 23.1 Å². The number of nitrogens with zero attached hydrogens (tertiary/aromatic N) is 1. The van der Waals surface area contributed by atoms with Crippen LogP contribution >= 0.6 is 11.8 Å². The van der Waals surface area contributed by atoms with Crippen molar-refractivity contribution in [1.29, 1.82) is 0 Å². The van der Waals surface area contributed by atoms with E-state index in [1.807, 2.05) is 0 Å². The molecule has 0 radical (unpaired) electrons. The SMILES string of the molecule is O=C(O)c1ccc(C(=O)NCCS(=O)(=O)N2CCSCC2)cc1. The number of amides is 1. The van der Waals surface area contributed by atoms with Gasteiger partial charge in [-0.2, -0.15) is 11.8 Å². The summed E-state index contributed by atoms with van der Waals surface area (Å²) < 4.78 is 25.7. The van der Waals surface area contributed by atoms with E-state index in [-0.39, 0.29) is 17.9 Å². The number of carboxylic acid groups (broad SMARTS) is 1. The van der Waals surface area contributed by atoms with Gasteiger partial charge in [-0.05, 0) is 24.3 Å². The lowest BCUT2D eigenvalue weighted by Crippen LogP contribution is -2.41. The van der Waals surface area contributed by atoms with Crippen LogP contribution in [0.4, 0.5) is 0 Å². The average molecular weight is 358 g/mol. The second-order valence-electron chi connectivity index (χ2n) is 4.97. The topological polar surface area (TPSA) is 104 Å². The molecule has 1 heterocycles. The van der Waals surface area contributed by atoms with Crippen LogP contribution in [-0.4, -0.2) is 66.6 Å². The van der Waals surface area contributed by atoms with E-state index in [1.165, 1.54) is 28.6 Å². The number of nitrogens with one attached hydrogen (secondary N) is 1. The highest BCUT2D eigenvalue weighted by molar-refractivity contribution is 7.99. The van der Waals surface area contributed by atoms with E-state index >= 15 is 0 Å². The number of carbonyl (C=O) groups excluding carboxylic acids is 1. The fourth-order valence-electron chi connectivity index (χ4n) is 2.11. The van der Waals surface area contributed by atoms with Gasteiger partial charge in [0.15, 0.2) is 0 Å². The highest BCUT2D eigenvalue weighted by Crippen LogP contribution is 2.13. The second-order valence-corrected chi connectivity index (χ2v) is 8.28. The number of benzene rings is 1. The van der Waals surface area contributed by atoms with Gasteiger partial charge in [0, 0.05) is 36.7 Å². The Kier molecular flexibility index (Phi) is 6.03. The molecule has 1 aromatic rings. The Balaban J connectivity index is 1.85. The third-order valence-electron chi connectivity index (χ3n) is 3.40. The van der Waals surface area contributed by atoms with Crippen molar-refractivity contribution >= 4 is 33.7 Å². The minimum atomic E-state index is -3.35. The molecule has 23 heavy (non-hydrogen) atoms. The van der Waals surface area contributed by atoms with Crippen LogP contribution < -0.4 is 5.32 Å². The van der Waals surface area contributed by atoms with Crippen molar-refractivity contribution in [3.8, 4) is 0 Å². The lowest BCUT2D eigenvalue weighted by atomic mass is 10.1. The first-order valence-corrected chi connectivity index (χ1v) is 9.84. The summed E-state index contributed by atoms with van der Waals surface area (Å²) in [6.07, 6.45) is 0. The number of carboxylic acids is 1. The lowest BCUT2D eigenvalue weighted by Gasteiger charge is -2.25. The van der Waals surface area contributed by atoms with E-state index in [0.29, 0.717) is 18.7 Å². The molecule has 1 aliphatic rings. The largest absolute Gasteiger partial charge is 0.478 e. The quantitative estimate of drug-likeness (QED) is 0.767. The third-order valence-corrected chi connectivity index (χ3v) is 6.22. The molecule has 1 fully saturated rings. The summed E-state index contributed by atoms with van der Waals surface area (Å²) in [4.78, 5) is 22.7. The summed E-state index contributed by atoms with van der Waals surface area (Å²) in [6, 6.07) is 5.46. The van der Waals surface area contributed by atoms with Crippen LogP contribution in [-0.2, 0) is 10.0 Å². The summed E-state index contributed by atoms with van der Waals surface area (Å²) in [5.41, 5.74) is 0.383. The smallest absolute Gasteiger partial charge is 0.335 e. The van der Waals surface area contributed by atoms with Crippen LogP contribution in [0.2, 0.25) is 0 Å². The van der Waals surface area contributed by atoms with Gasteiger partial charge < -0.3 is 10.4 Å². The van der Waals surface area contributed by atoms with Crippen LogP contribution in [0.5, 0.6) is 0 Å². The molecular formula is C14H18N2O5S2. The number of rotatable bonds is 6. The van der Waals surface area contributed by atoms with Gasteiger partial charge >= 0.3 is 5.97 Å². The Morgan fingerprint density at radius 3 is 2.26 bits per heavy atom. The molecule has 0 unspecified atom stereocenters. The van der Waals surface area contributed by atoms with Crippen LogP contribution in [0.1, 0.15) is 20.7 Å². The van der Waals surface area contributed by atoms with Gasteiger partial charge in [-0.1, -0.05) is 0 Å². The monoisotopic (exact) mass is 358 g/mol. The first kappa shape index (κ1) is 17.8. The Bertz CT molecular complexity index is 667. The van der Waals surface area contributed by atoms with Crippen LogP contribution in [0.15, 0.2) is 24.3 Å². The van der Waals surface area contributed by atoms with Crippen molar-refractivity contribution in [1.82, 2.24) is 9.62 Å². The van der Waals surface area contributed by atoms with Crippen molar-refractivity contribution in [2.75, 3.05) is 36.9 Å². The Morgan fingerprint density at radius 2 is 1.70 bits per heavy atom. The van der Waals surface area contributed by atoms with Crippen molar-refractivity contribution in [2.45, 2.75) is 0 Å². The number of hydrogen-bond acceptors (Lipinski definition) is 5. The summed E-state index contributed by atoms with van der Waals surface area (Å²) in [6.45, 7) is 1.04. The summed E-state index contributed by atoms with van der Waals surface area (Å²) in [5.74, 6) is -0.0475. The molecule has 1 amide bonds. The minimum Gasteiger partial charge on any atom is -0.478 e. The molecule has 0 aromatic heterocycles. The molecule has 0 aliphatic carbocycles. The predicted molar refractivity (Wildman–Crippen MR) is 88.4 cm³/mol. The number of hydrogen-bond donors (Lipinski definition) is 2. The zero-order valence-corrected chi connectivity index (χ0v) is 14.0. The van der Waals surface area contributed by atoms with Gasteiger partial charge in [0.2, 0.25) is 10.0 Å². The van der Waals surface area contributed by atoms with E-state index in [9.17, 15) is 18.0 Å². The predicted octanol–water partition coefficient (Wildman–Crippen LogP) is 0.493. The zero-order valence-electron chi connectivity index (χ0n) is 12.4. The summed E-state index contributed by atoms with van der Waals surface area (Å²) in [7, 11) is -3.35.